The van der Waals surface area contributed by atoms with Crippen molar-refractivity contribution in [1.29, 1.82) is 0 Å². The predicted octanol–water partition coefficient (Wildman–Crippen LogP) is 2.10. The third kappa shape index (κ3) is 4.93. The highest BCUT2D eigenvalue weighted by Gasteiger charge is 2.26. The van der Waals surface area contributed by atoms with Gasteiger partial charge in [0.25, 0.3) is 0 Å². The third-order valence-corrected chi connectivity index (χ3v) is 6.06. The Morgan fingerprint density at radius 1 is 1.11 bits per heavy atom. The van der Waals surface area contributed by atoms with E-state index in [1.807, 2.05) is 6.07 Å². The summed E-state index contributed by atoms with van der Waals surface area (Å²) in [7, 11) is 0. The van der Waals surface area contributed by atoms with Crippen LogP contribution in [0.2, 0.25) is 0 Å². The molecule has 2 aliphatic heterocycles. The lowest BCUT2D eigenvalue weighted by Crippen LogP contribution is -2.48. The van der Waals surface area contributed by atoms with Crippen molar-refractivity contribution in [2.24, 2.45) is 5.92 Å². The molecular formula is C21H32N2O4. The molecule has 3 atom stereocenters. The number of rotatable bonds is 7. The van der Waals surface area contributed by atoms with Gasteiger partial charge >= 0.3 is 0 Å². The first kappa shape index (κ1) is 19.0. The molecule has 0 bridgehead atoms. The molecule has 2 fully saturated rings. The summed E-state index contributed by atoms with van der Waals surface area (Å²) in [6, 6.07) is 6.19. The average molecular weight is 376 g/mol. The summed E-state index contributed by atoms with van der Waals surface area (Å²) in [4.78, 5) is 4.80. The standard InChI is InChI=1S/C21H32N2O4/c1-16-3-2-4-19(16)25-14-18(24)13-23-9-7-22(8-10-23)12-17-5-6-20-21(11-17)27-15-26-20/h5-6,11,16,18-19,24H,2-4,7-10,12-15H2,1H3/t16-,18-,19-/m1/s1. The van der Waals surface area contributed by atoms with Crippen LogP contribution in [0, 0.1) is 5.92 Å². The molecule has 0 aromatic heterocycles. The Morgan fingerprint density at radius 3 is 2.67 bits per heavy atom. The zero-order valence-electron chi connectivity index (χ0n) is 16.3. The molecule has 1 saturated heterocycles. The molecule has 1 N–H and O–H groups in total. The van der Waals surface area contributed by atoms with Crippen LogP contribution in [-0.4, -0.2) is 73.2 Å². The van der Waals surface area contributed by atoms with E-state index in [9.17, 15) is 5.11 Å². The summed E-state index contributed by atoms with van der Waals surface area (Å²) in [6.45, 7) is 8.68. The molecular weight excluding hydrogens is 344 g/mol. The number of aliphatic hydroxyl groups is 1. The molecule has 2 heterocycles. The van der Waals surface area contributed by atoms with Crippen molar-refractivity contribution in [3.63, 3.8) is 0 Å². The number of β-amino-alcohol motifs (C(OH)–C–C–N with tert-alkyl or cyclic N) is 1. The highest BCUT2D eigenvalue weighted by Crippen LogP contribution is 2.33. The first-order chi connectivity index (χ1) is 13.2. The Kier molecular flexibility index (Phi) is 6.18. The van der Waals surface area contributed by atoms with E-state index in [0.29, 0.717) is 32.0 Å². The zero-order chi connectivity index (χ0) is 18.6. The second kappa shape index (κ2) is 8.78. The molecule has 1 saturated carbocycles. The van der Waals surface area contributed by atoms with Crippen LogP contribution in [0.4, 0.5) is 0 Å². The van der Waals surface area contributed by atoms with Crippen LogP contribution in [0.25, 0.3) is 0 Å². The number of piperazine rings is 1. The molecule has 150 valence electrons. The minimum Gasteiger partial charge on any atom is -0.454 e. The van der Waals surface area contributed by atoms with Gasteiger partial charge in [0.1, 0.15) is 0 Å². The van der Waals surface area contributed by atoms with Crippen LogP contribution in [0.5, 0.6) is 11.5 Å². The Balaban J connectivity index is 1.16. The Labute approximate surface area is 162 Å². The molecule has 6 heteroatoms. The second-order valence-corrected chi connectivity index (χ2v) is 8.20. The fraction of sp³-hybridized carbons (Fsp3) is 0.714. The SMILES string of the molecule is C[C@@H]1CCC[C@H]1OC[C@H](O)CN1CCN(Cc2ccc3c(c2)OCO3)CC1. The molecule has 1 aliphatic carbocycles. The fourth-order valence-corrected chi connectivity index (χ4v) is 4.37. The highest BCUT2D eigenvalue weighted by molar-refractivity contribution is 5.44. The van der Waals surface area contributed by atoms with E-state index in [1.165, 1.54) is 18.4 Å². The molecule has 3 aliphatic rings. The molecule has 0 amide bonds. The lowest BCUT2D eigenvalue weighted by atomic mass is 10.1. The summed E-state index contributed by atoms with van der Waals surface area (Å²) >= 11 is 0. The van der Waals surface area contributed by atoms with Crippen molar-refractivity contribution >= 4 is 0 Å². The Bertz CT molecular complexity index is 618. The van der Waals surface area contributed by atoms with Crippen molar-refractivity contribution in [2.75, 3.05) is 46.1 Å². The second-order valence-electron chi connectivity index (χ2n) is 8.20. The Morgan fingerprint density at radius 2 is 1.89 bits per heavy atom. The summed E-state index contributed by atoms with van der Waals surface area (Å²) in [5.74, 6) is 2.33. The van der Waals surface area contributed by atoms with Crippen molar-refractivity contribution in [2.45, 2.75) is 44.9 Å². The average Bonchev–Trinajstić information content (AvgIpc) is 3.30. The minimum absolute atomic E-state index is 0.323. The third-order valence-electron chi connectivity index (χ3n) is 6.06. The largest absolute Gasteiger partial charge is 0.454 e. The van der Waals surface area contributed by atoms with Gasteiger partial charge in [0, 0.05) is 39.3 Å². The molecule has 1 aromatic carbocycles. The van der Waals surface area contributed by atoms with E-state index < -0.39 is 6.10 Å². The number of benzene rings is 1. The lowest BCUT2D eigenvalue weighted by Gasteiger charge is -2.35. The first-order valence-electron chi connectivity index (χ1n) is 10.3. The van der Waals surface area contributed by atoms with Crippen molar-refractivity contribution in [1.82, 2.24) is 9.80 Å². The van der Waals surface area contributed by atoms with E-state index in [1.54, 1.807) is 0 Å². The highest BCUT2D eigenvalue weighted by atomic mass is 16.7. The van der Waals surface area contributed by atoms with Gasteiger partial charge in [-0.3, -0.25) is 9.80 Å². The molecule has 1 aromatic rings. The van der Waals surface area contributed by atoms with Crippen molar-refractivity contribution in [3.8, 4) is 11.5 Å². The Hall–Kier alpha value is -1.34. The zero-order valence-corrected chi connectivity index (χ0v) is 16.3. The lowest BCUT2D eigenvalue weighted by molar-refractivity contribution is -0.0358. The number of aliphatic hydroxyl groups excluding tert-OH is 1. The quantitative estimate of drug-likeness (QED) is 0.787. The van der Waals surface area contributed by atoms with Crippen molar-refractivity contribution < 1.29 is 19.3 Å². The summed E-state index contributed by atoms with van der Waals surface area (Å²) in [5, 5.41) is 10.3. The molecule has 0 radical (unpaired) electrons. The van der Waals surface area contributed by atoms with Crippen LogP contribution in [0.15, 0.2) is 18.2 Å². The van der Waals surface area contributed by atoms with E-state index in [-0.39, 0.29) is 0 Å². The van der Waals surface area contributed by atoms with E-state index in [0.717, 1.165) is 50.6 Å². The molecule has 0 unspecified atom stereocenters. The molecule has 0 spiro atoms. The van der Waals surface area contributed by atoms with Gasteiger partial charge in [-0.25, -0.2) is 0 Å². The van der Waals surface area contributed by atoms with Crippen LogP contribution < -0.4 is 9.47 Å². The molecule has 4 rings (SSSR count). The van der Waals surface area contributed by atoms with Crippen LogP contribution >= 0.6 is 0 Å². The number of hydrogen-bond donors (Lipinski definition) is 1. The van der Waals surface area contributed by atoms with Gasteiger partial charge < -0.3 is 19.3 Å². The smallest absolute Gasteiger partial charge is 0.231 e. The maximum atomic E-state index is 10.3. The summed E-state index contributed by atoms with van der Waals surface area (Å²) in [6.07, 6.45) is 3.61. The van der Waals surface area contributed by atoms with Crippen LogP contribution in [-0.2, 0) is 11.3 Å². The summed E-state index contributed by atoms with van der Waals surface area (Å²) in [5.41, 5.74) is 1.26. The predicted molar refractivity (Wildman–Crippen MR) is 103 cm³/mol. The topological polar surface area (TPSA) is 54.4 Å². The van der Waals surface area contributed by atoms with Gasteiger partial charge in [-0.15, -0.1) is 0 Å². The van der Waals surface area contributed by atoms with Crippen LogP contribution in [0.3, 0.4) is 0 Å². The van der Waals surface area contributed by atoms with Gasteiger partial charge in [0.15, 0.2) is 11.5 Å². The number of ether oxygens (including phenoxy) is 3. The van der Waals surface area contributed by atoms with Gasteiger partial charge in [0.05, 0.1) is 18.8 Å². The fourth-order valence-electron chi connectivity index (χ4n) is 4.37. The minimum atomic E-state index is -0.391. The van der Waals surface area contributed by atoms with E-state index >= 15 is 0 Å². The van der Waals surface area contributed by atoms with E-state index in [4.69, 9.17) is 14.2 Å². The van der Waals surface area contributed by atoms with Gasteiger partial charge in [-0.05, 0) is 36.5 Å². The maximum Gasteiger partial charge on any atom is 0.231 e. The van der Waals surface area contributed by atoms with Gasteiger partial charge in [0.2, 0.25) is 6.79 Å². The number of fused-ring (bicyclic) bond motifs is 1. The normalized spacial score (nSPS) is 27.2. The van der Waals surface area contributed by atoms with Gasteiger partial charge in [-0.1, -0.05) is 19.4 Å². The summed E-state index contributed by atoms with van der Waals surface area (Å²) < 4.78 is 16.8. The molecule has 27 heavy (non-hydrogen) atoms. The van der Waals surface area contributed by atoms with Gasteiger partial charge in [-0.2, -0.15) is 0 Å². The van der Waals surface area contributed by atoms with Crippen molar-refractivity contribution in [3.05, 3.63) is 23.8 Å². The van der Waals surface area contributed by atoms with E-state index in [2.05, 4.69) is 28.9 Å². The maximum absolute atomic E-state index is 10.3. The first-order valence-corrected chi connectivity index (χ1v) is 10.3. The number of hydrogen-bond acceptors (Lipinski definition) is 6. The van der Waals surface area contributed by atoms with Crippen LogP contribution in [0.1, 0.15) is 31.7 Å². The number of nitrogens with zero attached hydrogens (tertiary/aromatic N) is 2. The monoisotopic (exact) mass is 376 g/mol. The molecule has 6 nitrogen and oxygen atoms in total.